The minimum Gasteiger partial charge on any atom is -0.507 e. The highest BCUT2D eigenvalue weighted by atomic mass is 32.1. The number of ketones is 1. The first-order chi connectivity index (χ1) is 22.7. The Morgan fingerprint density at radius 3 is 2.55 bits per heavy atom. The van der Waals surface area contributed by atoms with E-state index in [1.54, 1.807) is 50.2 Å². The number of nitrogens with zero attached hydrogens (tertiary/aromatic N) is 2. The molecule has 2 unspecified atom stereocenters. The maximum Gasteiger partial charge on any atom is 0.350 e. The zero-order valence-corrected chi connectivity index (χ0v) is 27.3. The summed E-state index contributed by atoms with van der Waals surface area (Å²) in [5.74, 6) is -1.10. The number of carbonyl (C=O) groups excluding carboxylic acids is 3. The number of hydrogen-bond acceptors (Lipinski definition) is 10. The van der Waals surface area contributed by atoms with Gasteiger partial charge >= 0.3 is 11.9 Å². The molecule has 1 fully saturated rings. The average Bonchev–Trinajstić information content (AvgIpc) is 3.72. The minimum absolute atomic E-state index is 0.0191. The van der Waals surface area contributed by atoms with E-state index in [4.69, 9.17) is 18.9 Å². The van der Waals surface area contributed by atoms with Gasteiger partial charge in [-0.2, -0.15) is 0 Å². The second-order valence-corrected chi connectivity index (χ2v) is 12.1. The van der Waals surface area contributed by atoms with Crippen LogP contribution in [0.1, 0.15) is 64.4 Å². The van der Waals surface area contributed by atoms with Gasteiger partial charge in [0.1, 0.15) is 29.1 Å². The van der Waals surface area contributed by atoms with E-state index >= 15 is 0 Å². The second kappa shape index (κ2) is 13.3. The standard InChI is InChI=1S/C36H34N2O8S/c1-5-43-28-18-23(12-15-27(28)45-19-22-10-8-7-9-11-22)30-29(31(39)24-13-14-26-25(17-24)16-20(3)46-26)32(40)34(41)38(30)36-37-21(4)33(47-36)35(42)44-6-2/h7-15,17-18,20,30,39H,5-6,16,19H2,1-4H3. The van der Waals surface area contributed by atoms with Crippen molar-refractivity contribution in [1.82, 2.24) is 4.98 Å². The van der Waals surface area contributed by atoms with E-state index in [0.717, 1.165) is 22.5 Å². The number of ether oxygens (including phenoxy) is 4. The number of aryl methyl sites for hydroxylation is 1. The molecule has 3 heterocycles. The first-order valence-corrected chi connectivity index (χ1v) is 16.2. The fraction of sp³-hybridized carbons (Fsp3) is 0.278. The number of benzene rings is 3. The number of aliphatic hydroxyl groups is 1. The molecule has 6 rings (SSSR count). The van der Waals surface area contributed by atoms with Crippen molar-refractivity contribution in [2.24, 2.45) is 0 Å². The van der Waals surface area contributed by atoms with E-state index in [2.05, 4.69) is 4.98 Å². The van der Waals surface area contributed by atoms with Gasteiger partial charge in [0.25, 0.3) is 5.78 Å². The predicted octanol–water partition coefficient (Wildman–Crippen LogP) is 6.56. The normalized spacial score (nSPS) is 18.2. The summed E-state index contributed by atoms with van der Waals surface area (Å²) >= 11 is 0.949. The Balaban J connectivity index is 1.47. The molecule has 2 atom stereocenters. The van der Waals surface area contributed by atoms with Crippen molar-refractivity contribution < 1.29 is 38.4 Å². The third kappa shape index (κ3) is 6.18. The topological polar surface area (TPSA) is 124 Å². The maximum absolute atomic E-state index is 13.8. The van der Waals surface area contributed by atoms with Gasteiger partial charge in [-0.3, -0.25) is 14.5 Å². The number of aromatic nitrogens is 1. The van der Waals surface area contributed by atoms with Crippen LogP contribution in [0.3, 0.4) is 0 Å². The van der Waals surface area contributed by atoms with E-state index < -0.39 is 23.7 Å². The molecule has 0 radical (unpaired) electrons. The number of thiazole rings is 1. The van der Waals surface area contributed by atoms with Gasteiger partial charge < -0.3 is 24.1 Å². The van der Waals surface area contributed by atoms with Crippen LogP contribution in [0.25, 0.3) is 5.76 Å². The Bertz CT molecular complexity index is 1880. The fourth-order valence-corrected chi connectivity index (χ4v) is 6.75. The van der Waals surface area contributed by atoms with E-state index in [0.29, 0.717) is 53.7 Å². The van der Waals surface area contributed by atoms with Crippen LogP contribution in [-0.4, -0.2) is 47.1 Å². The molecular weight excluding hydrogens is 620 g/mol. The second-order valence-electron chi connectivity index (χ2n) is 11.2. The highest BCUT2D eigenvalue weighted by Gasteiger charge is 2.49. The zero-order valence-electron chi connectivity index (χ0n) is 26.4. The molecule has 4 aromatic rings. The Kier molecular flexibility index (Phi) is 8.99. The number of Topliss-reactive ketones (excluding diaryl/α,β-unsaturated/α-hetero) is 1. The van der Waals surface area contributed by atoms with Gasteiger partial charge in [-0.25, -0.2) is 9.78 Å². The molecule has 11 heteroatoms. The van der Waals surface area contributed by atoms with Crippen molar-refractivity contribution in [3.63, 3.8) is 0 Å². The smallest absolute Gasteiger partial charge is 0.350 e. The van der Waals surface area contributed by atoms with Gasteiger partial charge in [0.2, 0.25) is 0 Å². The number of hydrogen-bond donors (Lipinski definition) is 1. The number of anilines is 1. The lowest BCUT2D eigenvalue weighted by Crippen LogP contribution is -2.29. The van der Waals surface area contributed by atoms with Gasteiger partial charge in [-0.15, -0.1) is 0 Å². The highest BCUT2D eigenvalue weighted by Crippen LogP contribution is 2.46. The summed E-state index contributed by atoms with van der Waals surface area (Å²) in [5.41, 5.74) is 2.95. The summed E-state index contributed by atoms with van der Waals surface area (Å²) < 4.78 is 23.1. The molecule has 2 aliphatic heterocycles. The summed E-state index contributed by atoms with van der Waals surface area (Å²) in [4.78, 5) is 46.3. The van der Waals surface area contributed by atoms with E-state index in [1.165, 1.54) is 4.90 Å². The molecular formula is C36H34N2O8S. The number of rotatable bonds is 10. The molecule has 1 aromatic heterocycles. The van der Waals surface area contributed by atoms with Gasteiger partial charge in [-0.05, 0) is 74.7 Å². The van der Waals surface area contributed by atoms with E-state index in [1.807, 2.05) is 44.2 Å². The molecule has 0 saturated carbocycles. The van der Waals surface area contributed by atoms with Gasteiger partial charge in [-0.1, -0.05) is 47.7 Å². The summed E-state index contributed by atoms with van der Waals surface area (Å²) in [6.07, 6.45) is 0.625. The lowest BCUT2D eigenvalue weighted by Gasteiger charge is -2.24. The first-order valence-electron chi connectivity index (χ1n) is 15.4. The van der Waals surface area contributed by atoms with E-state index in [9.17, 15) is 19.5 Å². The molecule has 1 amide bonds. The lowest BCUT2D eigenvalue weighted by molar-refractivity contribution is -0.132. The van der Waals surface area contributed by atoms with Crippen LogP contribution in [0.2, 0.25) is 0 Å². The average molecular weight is 655 g/mol. The number of esters is 1. The Morgan fingerprint density at radius 1 is 1.02 bits per heavy atom. The lowest BCUT2D eigenvalue weighted by atomic mass is 9.94. The molecule has 0 aliphatic carbocycles. The Hall–Kier alpha value is -5.16. The van der Waals surface area contributed by atoms with E-state index in [-0.39, 0.29) is 34.1 Å². The number of fused-ring (bicyclic) bond motifs is 1. The van der Waals surface area contributed by atoms with Crippen molar-refractivity contribution in [2.45, 2.75) is 52.9 Å². The summed E-state index contributed by atoms with van der Waals surface area (Å²) in [5, 5.41) is 11.9. The molecule has 10 nitrogen and oxygen atoms in total. The van der Waals surface area contributed by atoms with Crippen molar-refractivity contribution in [2.75, 3.05) is 18.1 Å². The molecule has 0 spiro atoms. The van der Waals surface area contributed by atoms with Crippen LogP contribution in [0.4, 0.5) is 5.13 Å². The summed E-state index contributed by atoms with van der Waals surface area (Å²) in [6.45, 7) is 7.92. The summed E-state index contributed by atoms with van der Waals surface area (Å²) in [7, 11) is 0. The SMILES string of the molecule is CCOC(=O)c1sc(N2C(=O)C(=O)C(=C(O)c3ccc4c(c3)CC(C)O4)C2c2ccc(OCc3ccccc3)c(OCC)c2)nc1C. The van der Waals surface area contributed by atoms with Crippen LogP contribution < -0.4 is 19.1 Å². The van der Waals surface area contributed by atoms with Crippen LogP contribution >= 0.6 is 11.3 Å². The van der Waals surface area contributed by atoms with Crippen molar-refractivity contribution in [1.29, 1.82) is 0 Å². The molecule has 0 bridgehead atoms. The maximum atomic E-state index is 13.8. The third-order valence-electron chi connectivity index (χ3n) is 7.89. The fourth-order valence-electron chi connectivity index (χ4n) is 5.76. The number of aliphatic hydroxyl groups excluding tert-OH is 1. The van der Waals surface area contributed by atoms with Crippen molar-refractivity contribution >= 4 is 39.9 Å². The van der Waals surface area contributed by atoms with Crippen LogP contribution in [-0.2, 0) is 27.4 Å². The monoisotopic (exact) mass is 654 g/mol. The molecule has 1 saturated heterocycles. The van der Waals surface area contributed by atoms with Crippen LogP contribution in [0, 0.1) is 6.92 Å². The van der Waals surface area contributed by atoms with Crippen LogP contribution in [0.15, 0.2) is 72.3 Å². The highest BCUT2D eigenvalue weighted by molar-refractivity contribution is 7.17. The van der Waals surface area contributed by atoms with Crippen molar-refractivity contribution in [3.05, 3.63) is 105 Å². The summed E-state index contributed by atoms with van der Waals surface area (Å²) in [6, 6.07) is 18.9. The van der Waals surface area contributed by atoms with Gasteiger partial charge in [0.05, 0.1) is 30.5 Å². The Morgan fingerprint density at radius 2 is 1.81 bits per heavy atom. The molecule has 242 valence electrons. The number of amides is 1. The first kappa shape index (κ1) is 31.8. The van der Waals surface area contributed by atoms with Gasteiger partial charge in [0.15, 0.2) is 16.6 Å². The largest absolute Gasteiger partial charge is 0.507 e. The Labute approximate surface area is 276 Å². The molecule has 3 aromatic carbocycles. The van der Waals surface area contributed by atoms with Gasteiger partial charge in [0, 0.05) is 12.0 Å². The molecule has 2 aliphatic rings. The quantitative estimate of drug-likeness (QED) is 0.0877. The minimum atomic E-state index is -1.10. The zero-order chi connectivity index (χ0) is 33.2. The third-order valence-corrected chi connectivity index (χ3v) is 9.02. The molecule has 1 N–H and O–H groups in total. The van der Waals surface area contributed by atoms with Crippen molar-refractivity contribution in [3.8, 4) is 17.2 Å². The predicted molar refractivity (Wildman–Crippen MR) is 176 cm³/mol. The van der Waals surface area contributed by atoms with Crippen LogP contribution in [0.5, 0.6) is 17.2 Å². The molecule has 47 heavy (non-hydrogen) atoms. The number of carbonyl (C=O) groups is 3.